The molecule has 12 heteroatoms. The third kappa shape index (κ3) is 4.61. The number of nitrogens with zero attached hydrogens (tertiary/aromatic N) is 4. The predicted octanol–water partition coefficient (Wildman–Crippen LogP) is 2.84. The fraction of sp³-hybridized carbons (Fsp3) is 0.448. The van der Waals surface area contributed by atoms with Gasteiger partial charge in [-0.1, -0.05) is 0 Å². The minimum atomic E-state index is -0.859. The number of halogens is 2. The van der Waals surface area contributed by atoms with Crippen molar-refractivity contribution in [2.45, 2.75) is 57.0 Å². The Labute approximate surface area is 238 Å². The zero-order valence-corrected chi connectivity index (χ0v) is 23.1. The maximum atomic E-state index is 16.2. The van der Waals surface area contributed by atoms with Gasteiger partial charge in [-0.05, 0) is 60.3 Å². The highest BCUT2D eigenvalue weighted by molar-refractivity contribution is 7.92. The van der Waals surface area contributed by atoms with Crippen LogP contribution in [0, 0.1) is 5.82 Å². The van der Waals surface area contributed by atoms with Crippen LogP contribution in [-0.2, 0) is 33.9 Å². The number of piperidine rings is 2. The van der Waals surface area contributed by atoms with E-state index < -0.39 is 41.0 Å². The van der Waals surface area contributed by atoms with Gasteiger partial charge in [0.2, 0.25) is 11.8 Å². The van der Waals surface area contributed by atoms with E-state index in [-0.39, 0.29) is 48.0 Å². The first kappa shape index (κ1) is 26.5. The van der Waals surface area contributed by atoms with Gasteiger partial charge in [-0.3, -0.25) is 24.6 Å². The van der Waals surface area contributed by atoms with Crippen LogP contribution < -0.4 is 5.32 Å². The highest BCUT2D eigenvalue weighted by atomic mass is 32.2. The third-order valence-corrected chi connectivity index (χ3v) is 10.3. The summed E-state index contributed by atoms with van der Waals surface area (Å²) in [5.41, 5.74) is 2.70. The molecule has 3 saturated heterocycles. The first-order valence-electron chi connectivity index (χ1n) is 13.9. The van der Waals surface area contributed by atoms with Crippen LogP contribution in [0.3, 0.4) is 0 Å². The van der Waals surface area contributed by atoms with Crippen LogP contribution in [0.2, 0.25) is 0 Å². The molecular weight excluding hydrogens is 552 g/mol. The Hall–Kier alpha value is -3.35. The Morgan fingerprint density at radius 2 is 1.83 bits per heavy atom. The van der Waals surface area contributed by atoms with E-state index in [0.29, 0.717) is 55.3 Å². The predicted molar refractivity (Wildman–Crippen MR) is 147 cm³/mol. The molecular formula is C29H29F2N5O4S. The van der Waals surface area contributed by atoms with Crippen molar-refractivity contribution in [3.05, 3.63) is 53.0 Å². The van der Waals surface area contributed by atoms with E-state index >= 15 is 4.39 Å². The summed E-state index contributed by atoms with van der Waals surface area (Å²) in [5.74, 6) is -0.847. The second-order valence-electron chi connectivity index (χ2n) is 11.4. The van der Waals surface area contributed by atoms with E-state index in [4.69, 9.17) is 4.98 Å². The lowest BCUT2D eigenvalue weighted by molar-refractivity contribution is -0.136. The number of fused-ring (bicyclic) bond motifs is 2. The van der Waals surface area contributed by atoms with E-state index in [1.165, 1.54) is 4.90 Å². The zero-order valence-electron chi connectivity index (χ0n) is 22.3. The molecule has 1 aromatic carbocycles. The molecule has 1 atom stereocenters. The van der Waals surface area contributed by atoms with Gasteiger partial charge in [0.1, 0.15) is 41.2 Å². The van der Waals surface area contributed by atoms with Crippen LogP contribution in [0.25, 0.3) is 22.3 Å². The number of amides is 3. The summed E-state index contributed by atoms with van der Waals surface area (Å²) in [5, 5.41) is 3.19. The third-order valence-electron chi connectivity index (χ3n) is 8.76. The fourth-order valence-corrected chi connectivity index (χ4v) is 7.49. The summed E-state index contributed by atoms with van der Waals surface area (Å²) in [6.45, 7) is 1.76. The van der Waals surface area contributed by atoms with Gasteiger partial charge in [-0.15, -0.1) is 0 Å². The van der Waals surface area contributed by atoms with E-state index in [2.05, 4.69) is 10.2 Å². The number of pyridine rings is 1. The average Bonchev–Trinajstić information content (AvgIpc) is 3.50. The molecule has 1 N–H and O–H groups in total. The van der Waals surface area contributed by atoms with E-state index in [0.717, 1.165) is 10.9 Å². The molecule has 7 rings (SSSR count). The van der Waals surface area contributed by atoms with Crippen LogP contribution in [0.1, 0.15) is 53.2 Å². The van der Waals surface area contributed by atoms with Crippen molar-refractivity contribution in [2.24, 2.45) is 0 Å². The molecule has 0 bridgehead atoms. The van der Waals surface area contributed by atoms with Gasteiger partial charge in [-0.25, -0.2) is 13.8 Å². The number of likely N-dealkylation sites (tertiary alicyclic amines) is 1. The van der Waals surface area contributed by atoms with Crippen molar-refractivity contribution in [3.63, 3.8) is 0 Å². The van der Waals surface area contributed by atoms with Gasteiger partial charge in [0.15, 0.2) is 0 Å². The molecule has 3 aromatic rings. The van der Waals surface area contributed by atoms with E-state index in [1.807, 2.05) is 22.9 Å². The molecule has 9 nitrogen and oxygen atoms in total. The van der Waals surface area contributed by atoms with E-state index in [1.54, 1.807) is 12.1 Å². The van der Waals surface area contributed by atoms with Gasteiger partial charge in [0.05, 0.1) is 12.2 Å². The summed E-state index contributed by atoms with van der Waals surface area (Å²) in [6.07, 6.45) is 2.43. The largest absolute Gasteiger partial charge is 0.616 e. The van der Waals surface area contributed by atoms with Gasteiger partial charge >= 0.3 is 0 Å². The number of imide groups is 1. The molecule has 2 aromatic heterocycles. The number of carbonyl (C=O) groups is 3. The molecule has 3 amide bonds. The van der Waals surface area contributed by atoms with Gasteiger partial charge in [0, 0.05) is 54.3 Å². The summed E-state index contributed by atoms with van der Waals surface area (Å²) in [6, 6.07) is 6.20. The van der Waals surface area contributed by atoms with Gasteiger partial charge in [0.25, 0.3) is 5.91 Å². The average molecular weight is 582 g/mol. The summed E-state index contributed by atoms with van der Waals surface area (Å²) < 4.78 is 43.9. The molecule has 0 radical (unpaired) electrons. The van der Waals surface area contributed by atoms with Crippen molar-refractivity contribution in [1.82, 2.24) is 24.7 Å². The number of hydrogen-bond acceptors (Lipinski definition) is 6. The standard InChI is InChI=1S/C29H29F2N5O4S/c30-17-5-8-34(9-6-17)12-16-11-23(32-27-19(16)7-10-35(27)18-14-41(40)15-18)21-2-1-20-22(26(21)31)13-36(29(20)39)24-3-4-25(37)33-28(24)38/h1-2,7,10-11,17-18,24H,3-6,8-9,12-15H2,(H,33,37,38). The highest BCUT2D eigenvalue weighted by Crippen LogP contribution is 2.37. The molecule has 6 heterocycles. The van der Waals surface area contributed by atoms with Gasteiger partial charge in [-0.2, -0.15) is 0 Å². The van der Waals surface area contributed by atoms with Crippen LogP contribution in [0.4, 0.5) is 8.78 Å². The Morgan fingerprint density at radius 1 is 1.07 bits per heavy atom. The molecule has 1 unspecified atom stereocenters. The number of aromatic nitrogens is 2. The van der Waals surface area contributed by atoms with Gasteiger partial charge < -0.3 is 14.0 Å². The number of nitrogens with one attached hydrogen (secondary N) is 1. The number of benzene rings is 1. The van der Waals surface area contributed by atoms with E-state index in [9.17, 15) is 23.3 Å². The highest BCUT2D eigenvalue weighted by Gasteiger charge is 2.41. The lowest BCUT2D eigenvalue weighted by Gasteiger charge is -2.30. The number of carbonyl (C=O) groups excluding carboxylic acids is 3. The maximum absolute atomic E-state index is 16.2. The number of alkyl halides is 1. The number of rotatable bonds is 5. The number of hydrogen-bond donors (Lipinski definition) is 1. The fourth-order valence-electron chi connectivity index (χ4n) is 6.40. The summed E-state index contributed by atoms with van der Waals surface area (Å²) in [7, 11) is 0. The quantitative estimate of drug-likeness (QED) is 0.367. The van der Waals surface area contributed by atoms with Crippen molar-refractivity contribution < 1.29 is 27.7 Å². The monoisotopic (exact) mass is 581 g/mol. The second-order valence-corrected chi connectivity index (χ2v) is 12.9. The van der Waals surface area contributed by atoms with Crippen LogP contribution in [0.15, 0.2) is 30.5 Å². The first-order valence-corrected chi connectivity index (χ1v) is 15.4. The smallest absolute Gasteiger partial charge is 0.255 e. The molecule has 0 aliphatic carbocycles. The molecule has 41 heavy (non-hydrogen) atoms. The summed E-state index contributed by atoms with van der Waals surface area (Å²) in [4.78, 5) is 45.6. The zero-order chi connectivity index (χ0) is 28.4. The van der Waals surface area contributed by atoms with Crippen LogP contribution >= 0.6 is 0 Å². The Morgan fingerprint density at radius 3 is 2.56 bits per heavy atom. The van der Waals surface area contributed by atoms with Crippen molar-refractivity contribution in [2.75, 3.05) is 24.6 Å². The molecule has 0 saturated carbocycles. The second kappa shape index (κ2) is 10.2. The molecule has 0 spiro atoms. The Balaban J connectivity index is 1.26. The van der Waals surface area contributed by atoms with Crippen molar-refractivity contribution >= 4 is 39.9 Å². The van der Waals surface area contributed by atoms with Crippen LogP contribution in [-0.4, -0.2) is 78.4 Å². The minimum Gasteiger partial charge on any atom is -0.616 e. The first-order chi connectivity index (χ1) is 19.8. The SMILES string of the molecule is O=C1CCC(N2Cc3c(ccc(-c4cc(CN5CCC(F)CC5)c5ccn(C6C[S+]([O-])C6)c5n4)c3F)C2=O)C(=O)N1. The molecule has 214 valence electrons. The molecule has 4 aliphatic rings. The molecule has 4 aliphatic heterocycles. The Kier molecular flexibility index (Phi) is 6.59. The maximum Gasteiger partial charge on any atom is 0.255 e. The molecule has 3 fully saturated rings. The minimum absolute atomic E-state index is 0.0517. The normalized spacial score (nSPS) is 25.5. The van der Waals surface area contributed by atoms with Crippen molar-refractivity contribution in [1.29, 1.82) is 0 Å². The topological polar surface area (TPSA) is 111 Å². The van der Waals surface area contributed by atoms with Crippen molar-refractivity contribution in [3.8, 4) is 11.3 Å². The summed E-state index contributed by atoms with van der Waals surface area (Å²) >= 11 is -0.859. The van der Waals surface area contributed by atoms with Crippen LogP contribution in [0.5, 0.6) is 0 Å². The lowest BCUT2D eigenvalue weighted by atomic mass is 10.00. The Bertz CT molecular complexity index is 1580. The lowest BCUT2D eigenvalue weighted by Crippen LogP contribution is -2.52.